The number of rotatable bonds is 5. The number of hydrogen-bond acceptors (Lipinski definition) is 10. The SMILES string of the molecule is COc1cc2c(cc1O)/C(=N/Nc1ccc([N+](=O)[O-])cc1[N+](=O)[O-])C[C@@H]1[C@@H]2CC[C@]2(C)/C(=N/O)CC[C@@H]12. The number of nitrogens with zero attached hydrogens (tertiary/aromatic N) is 4. The smallest absolute Gasteiger partial charge is 0.301 e. The molecule has 3 aliphatic carbocycles. The fourth-order valence-corrected chi connectivity index (χ4v) is 6.66. The molecule has 3 aliphatic rings. The molecule has 0 bridgehead atoms. The van der Waals surface area contributed by atoms with Gasteiger partial charge >= 0.3 is 5.69 Å². The van der Waals surface area contributed by atoms with E-state index < -0.39 is 21.2 Å². The monoisotopic (exact) mass is 509 g/mol. The first-order valence-corrected chi connectivity index (χ1v) is 12.1. The maximum atomic E-state index is 11.6. The Morgan fingerprint density at radius 2 is 1.95 bits per heavy atom. The van der Waals surface area contributed by atoms with Crippen LogP contribution in [0, 0.1) is 37.5 Å². The molecule has 0 heterocycles. The second-order valence-corrected chi connectivity index (χ2v) is 10.1. The minimum atomic E-state index is -0.697. The molecule has 0 aromatic heterocycles. The number of oxime groups is 1. The molecule has 0 aliphatic heterocycles. The molecular weight excluding hydrogens is 482 g/mol. The van der Waals surface area contributed by atoms with E-state index in [0.29, 0.717) is 17.9 Å². The molecule has 0 spiro atoms. The molecule has 12 heteroatoms. The van der Waals surface area contributed by atoms with Crippen molar-refractivity contribution in [2.24, 2.45) is 27.5 Å². The molecule has 4 atom stereocenters. The number of nitrogens with one attached hydrogen (secondary N) is 1. The van der Waals surface area contributed by atoms with Crippen LogP contribution >= 0.6 is 0 Å². The molecule has 194 valence electrons. The average Bonchev–Trinajstić information content (AvgIpc) is 3.23. The summed E-state index contributed by atoms with van der Waals surface area (Å²) in [5.74, 6) is 0.935. The summed E-state index contributed by atoms with van der Waals surface area (Å²) in [4.78, 5) is 21.3. The van der Waals surface area contributed by atoms with Crippen molar-refractivity contribution in [3.05, 3.63) is 61.7 Å². The molecule has 0 unspecified atom stereocenters. The van der Waals surface area contributed by atoms with E-state index in [0.717, 1.165) is 48.6 Å². The summed E-state index contributed by atoms with van der Waals surface area (Å²) < 4.78 is 5.38. The Balaban J connectivity index is 1.58. The highest BCUT2D eigenvalue weighted by Crippen LogP contribution is 2.60. The summed E-state index contributed by atoms with van der Waals surface area (Å²) in [6, 6.07) is 6.78. The predicted molar refractivity (Wildman–Crippen MR) is 135 cm³/mol. The maximum absolute atomic E-state index is 11.6. The highest BCUT2D eigenvalue weighted by atomic mass is 16.6. The van der Waals surface area contributed by atoms with Crippen molar-refractivity contribution in [1.82, 2.24) is 0 Å². The van der Waals surface area contributed by atoms with Gasteiger partial charge in [0.25, 0.3) is 5.69 Å². The number of hydrogen-bond donors (Lipinski definition) is 3. The largest absolute Gasteiger partial charge is 0.504 e. The van der Waals surface area contributed by atoms with Gasteiger partial charge in [-0.25, -0.2) is 0 Å². The van der Waals surface area contributed by atoms with Crippen molar-refractivity contribution in [1.29, 1.82) is 0 Å². The summed E-state index contributed by atoms with van der Waals surface area (Å²) in [6.45, 7) is 2.15. The second-order valence-electron chi connectivity index (χ2n) is 10.1. The van der Waals surface area contributed by atoms with Gasteiger partial charge in [0.05, 0.1) is 34.4 Å². The number of non-ortho nitro benzene ring substituents is 1. The zero-order chi connectivity index (χ0) is 26.5. The molecular formula is C25H27N5O7. The molecule has 2 fully saturated rings. The van der Waals surface area contributed by atoms with Gasteiger partial charge < -0.3 is 15.1 Å². The number of hydrazone groups is 1. The number of anilines is 1. The average molecular weight is 510 g/mol. The first kappa shape index (κ1) is 24.5. The lowest BCUT2D eigenvalue weighted by Crippen LogP contribution is -2.43. The highest BCUT2D eigenvalue weighted by Gasteiger charge is 2.54. The standard InChI is InChI=1S/C25H27N5O7/c1-25-8-7-14-15-12-23(37-2)22(31)11-17(15)20(10-16(14)18(25)4-6-24(25)28-32)27-26-19-5-3-13(29(33)34)9-21(19)30(35)36/h3,5,9,11-12,14,16,18,26,31-32H,4,6-8,10H2,1-2H3/b27-20+,28-24+/t14-,16-,18+,25+/m1/s1. The van der Waals surface area contributed by atoms with E-state index in [4.69, 9.17) is 4.74 Å². The molecule has 5 rings (SSSR count). The minimum Gasteiger partial charge on any atom is -0.504 e. The first-order chi connectivity index (χ1) is 17.7. The van der Waals surface area contributed by atoms with Crippen LogP contribution in [0.4, 0.5) is 17.1 Å². The first-order valence-electron chi connectivity index (χ1n) is 12.1. The van der Waals surface area contributed by atoms with Crippen molar-refractivity contribution in [3.63, 3.8) is 0 Å². The summed E-state index contributed by atoms with van der Waals surface area (Å²) in [6.07, 6.45) is 3.91. The lowest BCUT2D eigenvalue weighted by molar-refractivity contribution is -0.393. The molecule has 2 aromatic carbocycles. The molecule has 37 heavy (non-hydrogen) atoms. The Morgan fingerprint density at radius 3 is 2.62 bits per heavy atom. The van der Waals surface area contributed by atoms with E-state index in [2.05, 4.69) is 22.6 Å². The van der Waals surface area contributed by atoms with Crippen molar-refractivity contribution in [2.75, 3.05) is 12.5 Å². The minimum absolute atomic E-state index is 0.0218. The Hall–Kier alpha value is -4.22. The molecule has 3 N–H and O–H groups in total. The molecule has 0 amide bonds. The highest BCUT2D eigenvalue weighted by molar-refractivity contribution is 6.04. The van der Waals surface area contributed by atoms with Gasteiger partial charge in [0.15, 0.2) is 11.5 Å². The van der Waals surface area contributed by atoms with E-state index in [1.54, 1.807) is 6.07 Å². The number of benzene rings is 2. The van der Waals surface area contributed by atoms with Gasteiger partial charge in [0, 0.05) is 17.0 Å². The van der Waals surface area contributed by atoms with Gasteiger partial charge in [-0.15, -0.1) is 0 Å². The van der Waals surface area contributed by atoms with Gasteiger partial charge in [-0.2, -0.15) is 5.10 Å². The third-order valence-electron chi connectivity index (χ3n) is 8.49. The Kier molecular flexibility index (Phi) is 5.97. The van der Waals surface area contributed by atoms with Crippen LogP contribution < -0.4 is 10.2 Å². The summed E-state index contributed by atoms with van der Waals surface area (Å²) in [5.41, 5.74) is 4.85. The number of phenolic OH excluding ortho intramolecular Hbond substituents is 1. The third kappa shape index (κ3) is 3.92. The molecule has 2 aromatic rings. The van der Waals surface area contributed by atoms with Gasteiger partial charge in [-0.1, -0.05) is 12.1 Å². The summed E-state index contributed by atoms with van der Waals surface area (Å²) in [5, 5.41) is 51.0. The van der Waals surface area contributed by atoms with Gasteiger partial charge in [0.2, 0.25) is 0 Å². The van der Waals surface area contributed by atoms with Gasteiger partial charge in [-0.05, 0) is 73.6 Å². The predicted octanol–water partition coefficient (Wildman–Crippen LogP) is 5.18. The van der Waals surface area contributed by atoms with Gasteiger partial charge in [0.1, 0.15) is 5.69 Å². The van der Waals surface area contributed by atoms with E-state index in [1.807, 2.05) is 6.07 Å². The third-order valence-corrected chi connectivity index (χ3v) is 8.49. The number of methoxy groups -OCH3 is 1. The van der Waals surface area contributed by atoms with Gasteiger partial charge in [-0.3, -0.25) is 25.7 Å². The lowest BCUT2D eigenvalue weighted by atomic mass is 9.55. The van der Waals surface area contributed by atoms with Crippen molar-refractivity contribution in [3.8, 4) is 11.5 Å². The van der Waals surface area contributed by atoms with Crippen molar-refractivity contribution in [2.45, 2.75) is 44.9 Å². The lowest BCUT2D eigenvalue weighted by Gasteiger charge is -2.49. The summed E-state index contributed by atoms with van der Waals surface area (Å²) >= 11 is 0. The Morgan fingerprint density at radius 1 is 1.16 bits per heavy atom. The topological polar surface area (TPSA) is 173 Å². The number of nitro benzene ring substituents is 2. The maximum Gasteiger partial charge on any atom is 0.301 e. The van der Waals surface area contributed by atoms with Crippen LogP contribution in [0.1, 0.15) is 56.1 Å². The van der Waals surface area contributed by atoms with Crippen LogP contribution in [-0.2, 0) is 0 Å². The van der Waals surface area contributed by atoms with E-state index in [1.165, 1.54) is 19.2 Å². The van der Waals surface area contributed by atoms with E-state index in [9.17, 15) is 30.5 Å². The summed E-state index contributed by atoms with van der Waals surface area (Å²) in [7, 11) is 1.49. The van der Waals surface area contributed by atoms with Crippen molar-refractivity contribution >= 4 is 28.5 Å². The van der Waals surface area contributed by atoms with Crippen LogP contribution in [0.2, 0.25) is 0 Å². The quantitative estimate of drug-likeness (QED) is 0.281. The fourth-order valence-electron chi connectivity index (χ4n) is 6.66. The molecule has 12 nitrogen and oxygen atoms in total. The molecule has 2 saturated carbocycles. The number of phenols is 1. The fraction of sp³-hybridized carbons (Fsp3) is 0.440. The number of nitro groups is 2. The molecule has 0 saturated heterocycles. The van der Waals surface area contributed by atoms with Crippen LogP contribution in [0.25, 0.3) is 0 Å². The normalized spacial score (nSPS) is 28.3. The Bertz CT molecular complexity index is 1360. The van der Waals surface area contributed by atoms with E-state index in [-0.39, 0.29) is 34.6 Å². The Labute approximate surface area is 211 Å². The number of fused-ring (bicyclic) bond motifs is 5. The number of aromatic hydroxyl groups is 1. The van der Waals surface area contributed by atoms with Crippen LogP contribution in [0.3, 0.4) is 0 Å². The van der Waals surface area contributed by atoms with Crippen LogP contribution in [-0.4, -0.2) is 38.7 Å². The number of ether oxygens (including phenoxy) is 1. The van der Waals surface area contributed by atoms with Crippen LogP contribution in [0.15, 0.2) is 40.6 Å². The second kappa shape index (κ2) is 9.02. The van der Waals surface area contributed by atoms with E-state index >= 15 is 0 Å². The zero-order valence-electron chi connectivity index (χ0n) is 20.4. The zero-order valence-corrected chi connectivity index (χ0v) is 20.4. The molecule has 0 radical (unpaired) electrons. The van der Waals surface area contributed by atoms with Crippen molar-refractivity contribution < 1.29 is 24.9 Å². The van der Waals surface area contributed by atoms with Crippen LogP contribution in [0.5, 0.6) is 11.5 Å².